The fourth-order valence-corrected chi connectivity index (χ4v) is 3.24. The molecule has 124 valence electrons. The zero-order valence-corrected chi connectivity index (χ0v) is 13.8. The molecule has 0 N–H and O–H groups in total. The van der Waals surface area contributed by atoms with Crippen molar-refractivity contribution >= 4 is 28.3 Å². The quantitative estimate of drug-likeness (QED) is 0.522. The summed E-state index contributed by atoms with van der Waals surface area (Å²) in [5, 5.41) is 4.19. The van der Waals surface area contributed by atoms with E-state index in [1.807, 2.05) is 0 Å². The first-order valence-electron chi connectivity index (χ1n) is 7.29. The predicted molar refractivity (Wildman–Crippen MR) is 91.4 cm³/mol. The number of furan rings is 1. The van der Waals surface area contributed by atoms with Crippen LogP contribution in [0.2, 0.25) is 0 Å². The average Bonchev–Trinajstić information content (AvgIpc) is 3.34. The van der Waals surface area contributed by atoms with Gasteiger partial charge in [-0.25, -0.2) is 4.79 Å². The second-order valence-corrected chi connectivity index (χ2v) is 6.15. The summed E-state index contributed by atoms with van der Waals surface area (Å²) in [5.74, 6) is 0.488. The van der Waals surface area contributed by atoms with E-state index in [-0.39, 0.29) is 5.56 Å². The number of hydrogen-bond acceptors (Lipinski definition) is 7. The van der Waals surface area contributed by atoms with Crippen molar-refractivity contribution in [2.45, 2.75) is 0 Å². The van der Waals surface area contributed by atoms with E-state index in [0.29, 0.717) is 26.6 Å². The van der Waals surface area contributed by atoms with Gasteiger partial charge < -0.3 is 9.15 Å². The number of thiazole rings is 1. The number of fused-ring (bicyclic) bond motifs is 1. The molecule has 0 unspecified atom stereocenters. The van der Waals surface area contributed by atoms with Gasteiger partial charge in [-0.1, -0.05) is 23.5 Å². The molecular formula is C17H11N3O4S. The zero-order chi connectivity index (χ0) is 17.4. The van der Waals surface area contributed by atoms with Crippen LogP contribution in [-0.4, -0.2) is 27.7 Å². The smallest absolute Gasteiger partial charge is 0.337 e. The van der Waals surface area contributed by atoms with Crippen LogP contribution < -0.4 is 10.1 Å². The third kappa shape index (κ3) is 2.72. The Morgan fingerprint density at radius 2 is 2.08 bits per heavy atom. The number of nitrogens with zero attached hydrogens (tertiary/aromatic N) is 3. The molecule has 0 saturated heterocycles. The van der Waals surface area contributed by atoms with Crippen LogP contribution in [0.25, 0.3) is 22.6 Å². The summed E-state index contributed by atoms with van der Waals surface area (Å²) in [6, 6.07) is 10.3. The predicted octanol–water partition coefficient (Wildman–Crippen LogP) is 1.75. The highest BCUT2D eigenvalue weighted by Crippen LogP contribution is 2.16. The number of esters is 1. The average molecular weight is 353 g/mol. The van der Waals surface area contributed by atoms with Crippen molar-refractivity contribution in [2.75, 3.05) is 7.11 Å². The van der Waals surface area contributed by atoms with Crippen LogP contribution in [-0.2, 0) is 4.74 Å². The number of methoxy groups -OCH3 is 1. The summed E-state index contributed by atoms with van der Waals surface area (Å²) in [4.78, 5) is 28.7. The Kier molecular flexibility index (Phi) is 3.66. The molecule has 0 spiro atoms. The summed E-state index contributed by atoms with van der Waals surface area (Å²) in [6.07, 6.45) is 3.26. The standard InChI is InChI=1S/C17H11N3O4S/c1-23-16(22)11-6-4-10(5-7-11)9-13-15(21)20-17(25-13)18-14(19-20)12-3-2-8-24-12/h2-9H,1H3/b13-9-. The molecule has 1 aromatic carbocycles. The van der Waals surface area contributed by atoms with Gasteiger partial charge in [-0.15, -0.1) is 5.10 Å². The summed E-state index contributed by atoms with van der Waals surface area (Å²) in [7, 11) is 1.33. The number of rotatable bonds is 3. The third-order valence-corrected chi connectivity index (χ3v) is 4.51. The van der Waals surface area contributed by atoms with Gasteiger partial charge in [-0.2, -0.15) is 9.50 Å². The fraction of sp³-hybridized carbons (Fsp3) is 0.0588. The van der Waals surface area contributed by atoms with Gasteiger partial charge in [-0.05, 0) is 35.9 Å². The van der Waals surface area contributed by atoms with E-state index >= 15 is 0 Å². The lowest BCUT2D eigenvalue weighted by Gasteiger charge is -1.98. The van der Waals surface area contributed by atoms with Crippen molar-refractivity contribution in [1.29, 1.82) is 0 Å². The monoisotopic (exact) mass is 353 g/mol. The number of ether oxygens (including phenoxy) is 1. The van der Waals surface area contributed by atoms with E-state index in [4.69, 9.17) is 4.42 Å². The number of aromatic nitrogens is 3. The van der Waals surface area contributed by atoms with E-state index < -0.39 is 5.97 Å². The molecule has 0 radical (unpaired) electrons. The molecule has 0 bridgehead atoms. The number of benzene rings is 1. The molecule has 25 heavy (non-hydrogen) atoms. The first-order chi connectivity index (χ1) is 12.2. The van der Waals surface area contributed by atoms with Crippen LogP contribution in [0, 0.1) is 0 Å². The minimum absolute atomic E-state index is 0.248. The largest absolute Gasteiger partial charge is 0.465 e. The normalized spacial score (nSPS) is 12.0. The van der Waals surface area contributed by atoms with E-state index in [2.05, 4.69) is 14.8 Å². The number of hydrogen-bond donors (Lipinski definition) is 0. The Balaban J connectivity index is 1.73. The molecule has 0 aliphatic heterocycles. The molecule has 7 nitrogen and oxygen atoms in total. The van der Waals surface area contributed by atoms with E-state index in [1.54, 1.807) is 42.5 Å². The SMILES string of the molecule is COC(=O)c1ccc(/C=c2\sc3nc(-c4ccco4)nn3c2=O)cc1. The molecule has 0 amide bonds. The molecule has 3 heterocycles. The Morgan fingerprint density at radius 1 is 1.28 bits per heavy atom. The van der Waals surface area contributed by atoms with Crippen LogP contribution in [0.15, 0.2) is 51.9 Å². The van der Waals surface area contributed by atoms with Gasteiger partial charge in [0.15, 0.2) is 5.76 Å². The van der Waals surface area contributed by atoms with Gasteiger partial charge in [0.25, 0.3) is 5.56 Å². The second-order valence-electron chi connectivity index (χ2n) is 5.14. The lowest BCUT2D eigenvalue weighted by molar-refractivity contribution is 0.0600. The Bertz CT molecular complexity index is 1160. The number of carbonyl (C=O) groups is 1. The van der Waals surface area contributed by atoms with Gasteiger partial charge in [0.2, 0.25) is 10.8 Å². The van der Waals surface area contributed by atoms with Gasteiger partial charge >= 0.3 is 5.97 Å². The molecule has 8 heteroatoms. The maximum absolute atomic E-state index is 12.5. The van der Waals surface area contributed by atoms with Crippen LogP contribution in [0.5, 0.6) is 0 Å². The summed E-state index contributed by atoms with van der Waals surface area (Å²) in [5.41, 5.74) is 0.996. The maximum Gasteiger partial charge on any atom is 0.337 e. The Hall–Kier alpha value is -3.26. The maximum atomic E-state index is 12.5. The van der Waals surface area contributed by atoms with E-state index in [9.17, 15) is 9.59 Å². The van der Waals surface area contributed by atoms with Crippen molar-refractivity contribution in [3.8, 4) is 11.6 Å². The topological polar surface area (TPSA) is 86.7 Å². The molecule has 4 rings (SSSR count). The second kappa shape index (κ2) is 5.99. The fourth-order valence-electron chi connectivity index (χ4n) is 2.33. The highest BCUT2D eigenvalue weighted by molar-refractivity contribution is 7.15. The van der Waals surface area contributed by atoms with E-state index in [1.165, 1.54) is 29.2 Å². The van der Waals surface area contributed by atoms with Gasteiger partial charge in [-0.3, -0.25) is 4.79 Å². The Morgan fingerprint density at radius 3 is 2.72 bits per heavy atom. The van der Waals surface area contributed by atoms with Gasteiger partial charge in [0.05, 0.1) is 23.5 Å². The van der Waals surface area contributed by atoms with Crippen molar-refractivity contribution < 1.29 is 13.9 Å². The molecule has 3 aromatic heterocycles. The van der Waals surface area contributed by atoms with Crippen molar-refractivity contribution in [1.82, 2.24) is 14.6 Å². The lowest BCUT2D eigenvalue weighted by Crippen LogP contribution is -2.23. The Labute approximate surface area is 144 Å². The molecule has 0 aliphatic carbocycles. The van der Waals surface area contributed by atoms with Crippen LogP contribution in [0.3, 0.4) is 0 Å². The lowest BCUT2D eigenvalue weighted by atomic mass is 10.1. The van der Waals surface area contributed by atoms with Gasteiger partial charge in [0.1, 0.15) is 0 Å². The zero-order valence-electron chi connectivity index (χ0n) is 13.0. The van der Waals surface area contributed by atoms with Crippen molar-refractivity contribution in [2.24, 2.45) is 0 Å². The highest BCUT2D eigenvalue weighted by atomic mass is 32.1. The molecule has 4 aromatic rings. The minimum atomic E-state index is -0.402. The summed E-state index contributed by atoms with van der Waals surface area (Å²) in [6.45, 7) is 0. The van der Waals surface area contributed by atoms with Crippen LogP contribution in [0.1, 0.15) is 15.9 Å². The highest BCUT2D eigenvalue weighted by Gasteiger charge is 2.13. The first kappa shape index (κ1) is 15.3. The first-order valence-corrected chi connectivity index (χ1v) is 8.11. The molecular weight excluding hydrogens is 342 g/mol. The van der Waals surface area contributed by atoms with Crippen molar-refractivity contribution in [3.63, 3.8) is 0 Å². The van der Waals surface area contributed by atoms with E-state index in [0.717, 1.165) is 5.56 Å². The molecule has 0 fully saturated rings. The molecule has 0 atom stereocenters. The van der Waals surface area contributed by atoms with Crippen LogP contribution in [0.4, 0.5) is 0 Å². The minimum Gasteiger partial charge on any atom is -0.465 e. The van der Waals surface area contributed by atoms with Gasteiger partial charge in [0, 0.05) is 0 Å². The summed E-state index contributed by atoms with van der Waals surface area (Å²) >= 11 is 1.24. The third-order valence-electron chi connectivity index (χ3n) is 3.55. The number of carbonyl (C=O) groups excluding carboxylic acids is 1. The van der Waals surface area contributed by atoms with Crippen molar-refractivity contribution in [3.05, 3.63) is 68.7 Å². The summed E-state index contributed by atoms with van der Waals surface area (Å²) < 4.78 is 11.7. The molecule has 0 saturated carbocycles. The van der Waals surface area contributed by atoms with Crippen LogP contribution >= 0.6 is 11.3 Å². The molecule has 0 aliphatic rings.